The fraction of sp³-hybridized carbons (Fsp3) is 0.222. The van der Waals surface area contributed by atoms with Crippen LogP contribution in [-0.2, 0) is 4.79 Å². The summed E-state index contributed by atoms with van der Waals surface area (Å²) < 4.78 is 13.2. The number of aryl methyl sites for hydroxylation is 1. The number of anilines is 1. The number of hydrogen-bond donors (Lipinski definition) is 2. The molecule has 0 fully saturated rings. The van der Waals surface area contributed by atoms with Crippen molar-refractivity contribution in [2.75, 3.05) is 11.9 Å². The molecule has 5 heteroatoms. The summed E-state index contributed by atoms with van der Waals surface area (Å²) in [6.45, 7) is 2.21. The lowest BCUT2D eigenvalue weighted by atomic mass is 10.2. The molecule has 0 saturated carbocycles. The zero-order valence-corrected chi connectivity index (χ0v) is 12.9. The maximum absolute atomic E-state index is 13.2. The van der Waals surface area contributed by atoms with E-state index < -0.39 is 0 Å². The Morgan fingerprint density at radius 3 is 2.57 bits per heavy atom. The molecule has 0 atom stereocenters. The molecule has 0 aromatic heterocycles. The fourth-order valence-corrected chi connectivity index (χ4v) is 2.08. The Balaban J connectivity index is 1.73. The molecule has 0 saturated heterocycles. The van der Waals surface area contributed by atoms with Crippen LogP contribution in [0.5, 0.6) is 0 Å². The molecule has 2 aromatic rings. The number of amides is 2. The van der Waals surface area contributed by atoms with E-state index in [-0.39, 0.29) is 24.1 Å². The smallest absolute Gasteiger partial charge is 0.251 e. The van der Waals surface area contributed by atoms with Gasteiger partial charge in [-0.1, -0.05) is 24.3 Å². The highest BCUT2D eigenvalue weighted by molar-refractivity contribution is 5.94. The third-order valence-electron chi connectivity index (χ3n) is 3.38. The highest BCUT2D eigenvalue weighted by atomic mass is 19.1. The van der Waals surface area contributed by atoms with Crippen molar-refractivity contribution in [3.8, 4) is 0 Å². The lowest BCUT2D eigenvalue weighted by Gasteiger charge is -2.09. The van der Waals surface area contributed by atoms with Crippen molar-refractivity contribution in [2.24, 2.45) is 0 Å². The van der Waals surface area contributed by atoms with E-state index in [1.807, 2.05) is 6.07 Å². The van der Waals surface area contributed by atoms with Gasteiger partial charge in [0.1, 0.15) is 5.82 Å². The average molecular weight is 314 g/mol. The van der Waals surface area contributed by atoms with Gasteiger partial charge in [0, 0.05) is 24.2 Å². The van der Waals surface area contributed by atoms with Crippen molar-refractivity contribution in [1.29, 1.82) is 0 Å². The predicted octanol–water partition coefficient (Wildman–Crippen LogP) is 3.28. The van der Waals surface area contributed by atoms with Gasteiger partial charge in [-0.25, -0.2) is 4.39 Å². The summed E-state index contributed by atoms with van der Waals surface area (Å²) in [7, 11) is 0. The molecule has 0 unspecified atom stereocenters. The number of benzene rings is 2. The normalized spacial score (nSPS) is 10.2. The van der Waals surface area contributed by atoms with Crippen LogP contribution in [0.15, 0.2) is 48.5 Å². The predicted molar refractivity (Wildman–Crippen MR) is 87.8 cm³/mol. The van der Waals surface area contributed by atoms with Gasteiger partial charge in [0.15, 0.2) is 0 Å². The molecule has 23 heavy (non-hydrogen) atoms. The Bertz CT molecular complexity index is 687. The number of nitrogens with one attached hydrogen (secondary N) is 2. The monoisotopic (exact) mass is 314 g/mol. The first-order valence-electron chi connectivity index (χ1n) is 7.45. The SMILES string of the molecule is Cc1ccc(F)cc1NC(=O)CCCNC(=O)c1ccccc1. The van der Waals surface area contributed by atoms with Gasteiger partial charge >= 0.3 is 0 Å². The molecular weight excluding hydrogens is 295 g/mol. The third kappa shape index (κ3) is 5.21. The molecule has 0 radical (unpaired) electrons. The van der Waals surface area contributed by atoms with Crippen LogP contribution in [0.25, 0.3) is 0 Å². The van der Waals surface area contributed by atoms with Crippen LogP contribution in [0, 0.1) is 12.7 Å². The van der Waals surface area contributed by atoms with E-state index in [4.69, 9.17) is 0 Å². The van der Waals surface area contributed by atoms with E-state index in [1.54, 1.807) is 37.3 Å². The Morgan fingerprint density at radius 2 is 1.83 bits per heavy atom. The number of halogens is 1. The number of carbonyl (C=O) groups excluding carboxylic acids is 2. The third-order valence-corrected chi connectivity index (χ3v) is 3.38. The van der Waals surface area contributed by atoms with E-state index in [1.165, 1.54) is 12.1 Å². The number of hydrogen-bond acceptors (Lipinski definition) is 2. The summed E-state index contributed by atoms with van der Waals surface area (Å²) in [4.78, 5) is 23.7. The molecule has 2 aromatic carbocycles. The van der Waals surface area contributed by atoms with E-state index in [2.05, 4.69) is 10.6 Å². The van der Waals surface area contributed by atoms with E-state index >= 15 is 0 Å². The lowest BCUT2D eigenvalue weighted by molar-refractivity contribution is -0.116. The van der Waals surface area contributed by atoms with Gasteiger partial charge in [0.25, 0.3) is 5.91 Å². The van der Waals surface area contributed by atoms with Crippen LogP contribution in [0.4, 0.5) is 10.1 Å². The lowest BCUT2D eigenvalue weighted by Crippen LogP contribution is -2.25. The maximum atomic E-state index is 13.2. The first kappa shape index (κ1) is 16.7. The Kier molecular flexibility index (Phi) is 5.86. The van der Waals surface area contributed by atoms with Gasteiger partial charge in [0.2, 0.25) is 5.91 Å². The van der Waals surface area contributed by atoms with Crippen LogP contribution >= 0.6 is 0 Å². The van der Waals surface area contributed by atoms with Crippen molar-refractivity contribution in [3.63, 3.8) is 0 Å². The second kappa shape index (κ2) is 8.08. The minimum absolute atomic E-state index is 0.160. The van der Waals surface area contributed by atoms with Crippen LogP contribution in [0.1, 0.15) is 28.8 Å². The van der Waals surface area contributed by atoms with Crippen molar-refractivity contribution < 1.29 is 14.0 Å². The summed E-state index contributed by atoms with van der Waals surface area (Å²) >= 11 is 0. The first-order chi connectivity index (χ1) is 11.1. The van der Waals surface area contributed by atoms with Crippen LogP contribution in [0.3, 0.4) is 0 Å². The summed E-state index contributed by atoms with van der Waals surface area (Å²) in [6, 6.07) is 13.2. The summed E-state index contributed by atoms with van der Waals surface area (Å²) in [5.74, 6) is -0.749. The van der Waals surface area contributed by atoms with Crippen LogP contribution in [-0.4, -0.2) is 18.4 Å². The largest absolute Gasteiger partial charge is 0.352 e. The van der Waals surface area contributed by atoms with Gasteiger partial charge in [-0.05, 0) is 43.2 Å². The van der Waals surface area contributed by atoms with Gasteiger partial charge in [-0.3, -0.25) is 9.59 Å². The Morgan fingerprint density at radius 1 is 1.09 bits per heavy atom. The van der Waals surface area contributed by atoms with Crippen molar-refractivity contribution >= 4 is 17.5 Å². The van der Waals surface area contributed by atoms with Crippen LogP contribution < -0.4 is 10.6 Å². The molecule has 0 heterocycles. The van der Waals surface area contributed by atoms with Crippen LogP contribution in [0.2, 0.25) is 0 Å². The minimum atomic E-state index is -0.388. The molecule has 0 aliphatic rings. The van der Waals surface area contributed by atoms with Crippen molar-refractivity contribution in [3.05, 3.63) is 65.5 Å². The molecule has 4 nitrogen and oxygen atoms in total. The standard InChI is InChI=1S/C18H19FN2O2/c1-13-9-10-15(19)12-16(13)21-17(22)8-5-11-20-18(23)14-6-3-2-4-7-14/h2-4,6-7,9-10,12H,5,8,11H2,1H3,(H,20,23)(H,21,22). The molecule has 2 N–H and O–H groups in total. The zero-order valence-electron chi connectivity index (χ0n) is 12.9. The number of rotatable bonds is 6. The quantitative estimate of drug-likeness (QED) is 0.804. The fourth-order valence-electron chi connectivity index (χ4n) is 2.08. The minimum Gasteiger partial charge on any atom is -0.352 e. The highest BCUT2D eigenvalue weighted by Gasteiger charge is 2.07. The molecule has 120 valence electrons. The van der Waals surface area contributed by atoms with Crippen molar-refractivity contribution in [2.45, 2.75) is 19.8 Å². The maximum Gasteiger partial charge on any atom is 0.251 e. The average Bonchev–Trinajstić information content (AvgIpc) is 2.55. The Labute approximate surface area is 134 Å². The van der Waals surface area contributed by atoms with E-state index in [0.717, 1.165) is 5.56 Å². The highest BCUT2D eigenvalue weighted by Crippen LogP contribution is 2.16. The first-order valence-corrected chi connectivity index (χ1v) is 7.45. The molecular formula is C18H19FN2O2. The number of carbonyl (C=O) groups is 2. The van der Waals surface area contributed by atoms with Gasteiger partial charge in [-0.2, -0.15) is 0 Å². The molecule has 0 bridgehead atoms. The van der Waals surface area contributed by atoms with Gasteiger partial charge in [-0.15, -0.1) is 0 Å². The molecule has 0 aliphatic heterocycles. The topological polar surface area (TPSA) is 58.2 Å². The van der Waals surface area contributed by atoms with Crippen molar-refractivity contribution in [1.82, 2.24) is 5.32 Å². The second-order valence-corrected chi connectivity index (χ2v) is 5.23. The zero-order chi connectivity index (χ0) is 16.7. The Hall–Kier alpha value is -2.69. The second-order valence-electron chi connectivity index (χ2n) is 5.23. The molecule has 0 spiro atoms. The summed E-state index contributed by atoms with van der Waals surface area (Å²) in [5.41, 5.74) is 1.87. The summed E-state index contributed by atoms with van der Waals surface area (Å²) in [6.07, 6.45) is 0.768. The summed E-state index contributed by atoms with van der Waals surface area (Å²) in [5, 5.41) is 5.44. The van der Waals surface area contributed by atoms with Gasteiger partial charge < -0.3 is 10.6 Å². The van der Waals surface area contributed by atoms with E-state index in [9.17, 15) is 14.0 Å². The van der Waals surface area contributed by atoms with Gasteiger partial charge in [0.05, 0.1) is 0 Å². The molecule has 2 rings (SSSR count). The van der Waals surface area contributed by atoms with E-state index in [0.29, 0.717) is 24.2 Å². The molecule has 2 amide bonds. The molecule has 0 aliphatic carbocycles.